The van der Waals surface area contributed by atoms with Crippen LogP contribution in [-0.4, -0.2) is 35.7 Å². The summed E-state index contributed by atoms with van der Waals surface area (Å²) in [5.74, 6) is -0.191. The van der Waals surface area contributed by atoms with Crippen LogP contribution in [0, 0.1) is 6.92 Å². The molecular formula is C18H19N5O2. The third-order valence-corrected chi connectivity index (χ3v) is 3.84. The number of hydrazone groups is 1. The van der Waals surface area contributed by atoms with Crippen LogP contribution in [0.25, 0.3) is 6.08 Å². The summed E-state index contributed by atoms with van der Waals surface area (Å²) in [6, 6.07) is 9.21. The lowest BCUT2D eigenvalue weighted by Crippen LogP contribution is -2.26. The Bertz CT molecular complexity index is 939. The standard InChI is InChI=1S/C18H19N5O2/c1-11-9-16(24)20-18(19-11)23-17(25)15(12(2)21-23)10-13-5-7-14(8-6-13)22(3)4/h5-10H,1-4H3,(H,19,20,24). The summed E-state index contributed by atoms with van der Waals surface area (Å²) in [5.41, 5.74) is 3.23. The van der Waals surface area contributed by atoms with Crippen LogP contribution in [0.3, 0.4) is 0 Å². The molecule has 1 aromatic carbocycles. The molecule has 2 aromatic rings. The maximum absolute atomic E-state index is 12.7. The number of carbonyl (C=O) groups is 1. The Morgan fingerprint density at radius 3 is 2.40 bits per heavy atom. The van der Waals surface area contributed by atoms with Gasteiger partial charge in [0, 0.05) is 31.5 Å². The predicted molar refractivity (Wildman–Crippen MR) is 98.9 cm³/mol. The van der Waals surface area contributed by atoms with E-state index < -0.39 is 0 Å². The van der Waals surface area contributed by atoms with E-state index in [9.17, 15) is 9.59 Å². The van der Waals surface area contributed by atoms with Gasteiger partial charge < -0.3 is 4.90 Å². The van der Waals surface area contributed by atoms with Gasteiger partial charge in [0.25, 0.3) is 11.5 Å². The van der Waals surface area contributed by atoms with Crippen molar-refractivity contribution in [3.63, 3.8) is 0 Å². The monoisotopic (exact) mass is 337 g/mol. The fraction of sp³-hybridized carbons (Fsp3) is 0.222. The number of benzene rings is 1. The number of aryl methyl sites for hydroxylation is 1. The molecule has 1 aromatic heterocycles. The van der Waals surface area contributed by atoms with Gasteiger partial charge >= 0.3 is 0 Å². The van der Waals surface area contributed by atoms with E-state index in [0.717, 1.165) is 16.3 Å². The van der Waals surface area contributed by atoms with Crippen LogP contribution in [0.2, 0.25) is 0 Å². The van der Waals surface area contributed by atoms with E-state index in [1.165, 1.54) is 6.07 Å². The second-order valence-electron chi connectivity index (χ2n) is 6.06. The van der Waals surface area contributed by atoms with Gasteiger partial charge in [-0.25, -0.2) is 4.98 Å². The first kappa shape index (κ1) is 16.6. The molecule has 0 bridgehead atoms. The van der Waals surface area contributed by atoms with E-state index in [1.54, 1.807) is 19.9 Å². The van der Waals surface area contributed by atoms with Crippen LogP contribution in [0.15, 0.2) is 45.8 Å². The lowest BCUT2D eigenvalue weighted by atomic mass is 10.1. The first-order valence-corrected chi connectivity index (χ1v) is 7.82. The predicted octanol–water partition coefficient (Wildman–Crippen LogP) is 1.95. The van der Waals surface area contributed by atoms with Gasteiger partial charge in [-0.05, 0) is 37.6 Å². The van der Waals surface area contributed by atoms with Gasteiger partial charge in [0.15, 0.2) is 0 Å². The molecule has 128 valence electrons. The van der Waals surface area contributed by atoms with Crippen molar-refractivity contribution in [2.45, 2.75) is 13.8 Å². The highest BCUT2D eigenvalue weighted by molar-refractivity contribution is 6.31. The summed E-state index contributed by atoms with van der Waals surface area (Å²) in [7, 11) is 3.94. The third-order valence-electron chi connectivity index (χ3n) is 3.84. The summed E-state index contributed by atoms with van der Waals surface area (Å²) in [6.07, 6.45) is 1.79. The lowest BCUT2D eigenvalue weighted by Gasteiger charge is -2.12. The molecule has 3 rings (SSSR count). The van der Waals surface area contributed by atoms with E-state index in [1.807, 2.05) is 43.3 Å². The minimum atomic E-state index is -0.320. The minimum Gasteiger partial charge on any atom is -0.378 e. The molecule has 0 unspecified atom stereocenters. The number of anilines is 2. The van der Waals surface area contributed by atoms with Crippen molar-refractivity contribution in [3.8, 4) is 0 Å². The Morgan fingerprint density at radius 2 is 1.80 bits per heavy atom. The van der Waals surface area contributed by atoms with Gasteiger partial charge in [0.1, 0.15) is 0 Å². The largest absolute Gasteiger partial charge is 0.378 e. The normalized spacial score (nSPS) is 15.7. The van der Waals surface area contributed by atoms with Crippen LogP contribution >= 0.6 is 0 Å². The number of nitrogens with one attached hydrogen (secondary N) is 1. The summed E-state index contributed by atoms with van der Waals surface area (Å²) in [4.78, 5) is 33.0. The van der Waals surface area contributed by atoms with E-state index in [4.69, 9.17) is 0 Å². The smallest absolute Gasteiger partial charge is 0.283 e. The summed E-state index contributed by atoms with van der Waals surface area (Å²) >= 11 is 0. The van der Waals surface area contributed by atoms with Crippen molar-refractivity contribution in [2.24, 2.45) is 5.10 Å². The Hall–Kier alpha value is -3.22. The summed E-state index contributed by atoms with van der Waals surface area (Å²) in [6.45, 7) is 3.45. The first-order valence-electron chi connectivity index (χ1n) is 7.82. The molecule has 1 N–H and O–H groups in total. The number of hydrogen-bond donors (Lipinski definition) is 1. The van der Waals surface area contributed by atoms with E-state index in [0.29, 0.717) is 17.0 Å². The topological polar surface area (TPSA) is 81.7 Å². The second kappa shape index (κ2) is 6.35. The zero-order valence-corrected chi connectivity index (χ0v) is 14.6. The van der Waals surface area contributed by atoms with Crippen LogP contribution in [-0.2, 0) is 4.79 Å². The van der Waals surface area contributed by atoms with Crippen molar-refractivity contribution in [2.75, 3.05) is 24.0 Å². The molecule has 7 nitrogen and oxygen atoms in total. The molecular weight excluding hydrogens is 318 g/mol. The number of aromatic nitrogens is 2. The summed E-state index contributed by atoms with van der Waals surface area (Å²) in [5, 5.41) is 5.37. The maximum Gasteiger partial charge on any atom is 0.283 e. The molecule has 0 saturated carbocycles. The number of hydrogen-bond acceptors (Lipinski definition) is 5. The number of carbonyl (C=O) groups excluding carboxylic acids is 1. The van der Waals surface area contributed by atoms with Gasteiger partial charge in [-0.1, -0.05) is 12.1 Å². The van der Waals surface area contributed by atoms with Gasteiger partial charge in [-0.3, -0.25) is 14.6 Å². The molecule has 1 amide bonds. The van der Waals surface area contributed by atoms with Gasteiger partial charge in [-0.2, -0.15) is 10.1 Å². The van der Waals surface area contributed by atoms with Crippen LogP contribution in [0.4, 0.5) is 11.6 Å². The quantitative estimate of drug-likeness (QED) is 0.868. The fourth-order valence-corrected chi connectivity index (χ4v) is 2.53. The number of aromatic amines is 1. The highest BCUT2D eigenvalue weighted by Gasteiger charge is 2.30. The van der Waals surface area contributed by atoms with Crippen LogP contribution in [0.1, 0.15) is 18.2 Å². The zero-order chi connectivity index (χ0) is 18.1. The van der Waals surface area contributed by atoms with Crippen molar-refractivity contribution < 1.29 is 4.79 Å². The van der Waals surface area contributed by atoms with Crippen molar-refractivity contribution in [1.82, 2.24) is 9.97 Å². The molecule has 0 saturated heterocycles. The second-order valence-corrected chi connectivity index (χ2v) is 6.06. The molecule has 25 heavy (non-hydrogen) atoms. The zero-order valence-electron chi connectivity index (χ0n) is 14.6. The molecule has 0 atom stereocenters. The van der Waals surface area contributed by atoms with Gasteiger partial charge in [0.2, 0.25) is 5.95 Å². The van der Waals surface area contributed by atoms with Crippen LogP contribution < -0.4 is 15.5 Å². The molecule has 1 aliphatic rings. The number of amides is 1. The molecule has 0 fully saturated rings. The average molecular weight is 337 g/mol. The molecule has 7 heteroatoms. The Balaban J connectivity index is 1.93. The highest BCUT2D eigenvalue weighted by Crippen LogP contribution is 2.22. The highest BCUT2D eigenvalue weighted by atomic mass is 16.2. The molecule has 1 aliphatic heterocycles. The molecule has 0 radical (unpaired) electrons. The SMILES string of the molecule is CC1=NN(c2nc(C)cc(=O)[nH]2)C(=O)C1=Cc1ccc(N(C)C)cc1. The van der Waals surface area contributed by atoms with E-state index >= 15 is 0 Å². The van der Waals surface area contributed by atoms with Crippen molar-refractivity contribution in [1.29, 1.82) is 0 Å². The molecule has 0 aliphatic carbocycles. The first-order chi connectivity index (χ1) is 11.8. The van der Waals surface area contributed by atoms with Crippen LogP contribution in [0.5, 0.6) is 0 Å². The minimum absolute atomic E-state index is 0.126. The van der Waals surface area contributed by atoms with Gasteiger partial charge in [-0.15, -0.1) is 0 Å². The van der Waals surface area contributed by atoms with E-state index in [-0.39, 0.29) is 17.4 Å². The Morgan fingerprint density at radius 1 is 1.12 bits per heavy atom. The number of nitrogens with zero attached hydrogens (tertiary/aromatic N) is 4. The van der Waals surface area contributed by atoms with E-state index in [2.05, 4.69) is 15.1 Å². The molecule has 2 heterocycles. The molecule has 0 spiro atoms. The van der Waals surface area contributed by atoms with Crippen molar-refractivity contribution in [3.05, 3.63) is 57.5 Å². The number of H-pyrrole nitrogens is 1. The lowest BCUT2D eigenvalue weighted by molar-refractivity contribution is -0.114. The average Bonchev–Trinajstić information content (AvgIpc) is 2.82. The fourth-order valence-electron chi connectivity index (χ4n) is 2.53. The Kier molecular flexibility index (Phi) is 4.22. The third kappa shape index (κ3) is 3.35. The summed E-state index contributed by atoms with van der Waals surface area (Å²) < 4.78 is 0. The maximum atomic E-state index is 12.7. The van der Waals surface area contributed by atoms with Crippen molar-refractivity contribution >= 4 is 29.3 Å². The number of rotatable bonds is 3. The van der Waals surface area contributed by atoms with Gasteiger partial charge in [0.05, 0.1) is 11.3 Å². The Labute approximate surface area is 145 Å².